The largest absolute Gasteiger partial charge is 0.497 e. The van der Waals surface area contributed by atoms with Crippen LogP contribution in [0.2, 0.25) is 0 Å². The number of nitrogens with two attached hydrogens (primary N) is 1. The average molecular weight is 276 g/mol. The van der Waals surface area contributed by atoms with Crippen molar-refractivity contribution in [2.24, 2.45) is 5.41 Å². The molecular weight excluding hydrogens is 252 g/mol. The number of methoxy groups -OCH3 is 1. The van der Waals surface area contributed by atoms with Crippen LogP contribution in [-0.4, -0.2) is 42.2 Å². The molecule has 0 aliphatic heterocycles. The standard InChI is InChI=1S/C15H24N4O/c1-15(2,9-18(3)4)10-19-13-7-6-11(20-5)8-12(13)17-14(19)16/h6-8H,9-10H2,1-5H3,(H2,16,17). The summed E-state index contributed by atoms with van der Waals surface area (Å²) in [5, 5.41) is 0. The van der Waals surface area contributed by atoms with E-state index in [-0.39, 0.29) is 5.41 Å². The molecule has 2 N–H and O–H groups in total. The quantitative estimate of drug-likeness (QED) is 0.909. The van der Waals surface area contributed by atoms with Crippen LogP contribution in [0.5, 0.6) is 5.75 Å². The van der Waals surface area contributed by atoms with Gasteiger partial charge in [0.1, 0.15) is 5.75 Å². The maximum atomic E-state index is 6.08. The number of aromatic nitrogens is 2. The zero-order valence-electron chi connectivity index (χ0n) is 13.0. The molecule has 0 aliphatic carbocycles. The number of fused-ring (bicyclic) bond motifs is 1. The van der Waals surface area contributed by atoms with Gasteiger partial charge in [0.15, 0.2) is 0 Å². The molecule has 0 saturated heterocycles. The summed E-state index contributed by atoms with van der Waals surface area (Å²) in [6, 6.07) is 5.88. The van der Waals surface area contributed by atoms with Gasteiger partial charge in [-0.25, -0.2) is 4.98 Å². The fourth-order valence-electron chi connectivity index (χ4n) is 2.76. The van der Waals surface area contributed by atoms with E-state index in [1.165, 1.54) is 0 Å². The summed E-state index contributed by atoms with van der Waals surface area (Å²) in [4.78, 5) is 6.62. The highest BCUT2D eigenvalue weighted by molar-refractivity contribution is 5.79. The van der Waals surface area contributed by atoms with Gasteiger partial charge in [-0.1, -0.05) is 13.8 Å². The lowest BCUT2D eigenvalue weighted by Gasteiger charge is -2.29. The van der Waals surface area contributed by atoms with Crippen molar-refractivity contribution in [2.75, 3.05) is 33.5 Å². The number of imidazole rings is 1. The monoisotopic (exact) mass is 276 g/mol. The summed E-state index contributed by atoms with van der Waals surface area (Å²) in [6.45, 7) is 6.30. The average Bonchev–Trinajstić information content (AvgIpc) is 2.63. The molecule has 2 aromatic rings. The van der Waals surface area contributed by atoms with E-state index in [1.807, 2.05) is 18.2 Å². The van der Waals surface area contributed by atoms with Crippen LogP contribution < -0.4 is 10.5 Å². The molecule has 1 aromatic heterocycles. The van der Waals surface area contributed by atoms with Crippen LogP contribution in [0.3, 0.4) is 0 Å². The number of hydrogen-bond acceptors (Lipinski definition) is 4. The van der Waals surface area contributed by atoms with Crippen molar-refractivity contribution in [3.05, 3.63) is 18.2 Å². The summed E-state index contributed by atoms with van der Waals surface area (Å²) in [5.74, 6) is 1.36. The van der Waals surface area contributed by atoms with Gasteiger partial charge in [0.05, 0.1) is 18.1 Å². The number of rotatable bonds is 5. The predicted octanol–water partition coefficient (Wildman–Crippen LogP) is 2.21. The Bertz CT molecular complexity index is 601. The first-order chi connectivity index (χ1) is 9.32. The number of benzene rings is 1. The Morgan fingerprint density at radius 1 is 1.35 bits per heavy atom. The predicted molar refractivity (Wildman–Crippen MR) is 83.0 cm³/mol. The number of nitrogens with zero attached hydrogens (tertiary/aromatic N) is 3. The zero-order valence-corrected chi connectivity index (χ0v) is 13.0. The Kier molecular flexibility index (Phi) is 3.90. The third-order valence-corrected chi connectivity index (χ3v) is 3.32. The molecule has 0 fully saturated rings. The van der Waals surface area contributed by atoms with E-state index in [9.17, 15) is 0 Å². The maximum absolute atomic E-state index is 6.08. The maximum Gasteiger partial charge on any atom is 0.201 e. The van der Waals surface area contributed by atoms with Gasteiger partial charge in [-0.05, 0) is 31.6 Å². The highest BCUT2D eigenvalue weighted by Gasteiger charge is 2.22. The van der Waals surface area contributed by atoms with Crippen molar-refractivity contribution in [3.63, 3.8) is 0 Å². The minimum absolute atomic E-state index is 0.116. The Morgan fingerprint density at radius 2 is 2.05 bits per heavy atom. The molecule has 1 heterocycles. The van der Waals surface area contributed by atoms with Crippen LogP contribution in [0.1, 0.15) is 13.8 Å². The van der Waals surface area contributed by atoms with E-state index in [0.29, 0.717) is 5.95 Å². The Morgan fingerprint density at radius 3 is 2.65 bits per heavy atom. The molecule has 2 rings (SSSR count). The second-order valence-corrected chi connectivity index (χ2v) is 6.31. The topological polar surface area (TPSA) is 56.3 Å². The highest BCUT2D eigenvalue weighted by atomic mass is 16.5. The van der Waals surface area contributed by atoms with Gasteiger partial charge >= 0.3 is 0 Å². The van der Waals surface area contributed by atoms with Gasteiger partial charge in [-0.3, -0.25) is 0 Å². The molecule has 0 saturated carbocycles. The van der Waals surface area contributed by atoms with Crippen LogP contribution >= 0.6 is 0 Å². The first-order valence-corrected chi connectivity index (χ1v) is 6.77. The fraction of sp³-hybridized carbons (Fsp3) is 0.533. The van der Waals surface area contributed by atoms with Crippen LogP contribution in [0.15, 0.2) is 18.2 Å². The molecular formula is C15H24N4O. The zero-order chi connectivity index (χ0) is 14.9. The van der Waals surface area contributed by atoms with Gasteiger partial charge in [-0.2, -0.15) is 0 Å². The smallest absolute Gasteiger partial charge is 0.201 e. The van der Waals surface area contributed by atoms with E-state index in [2.05, 4.69) is 42.4 Å². The molecule has 0 atom stereocenters. The highest BCUT2D eigenvalue weighted by Crippen LogP contribution is 2.27. The summed E-state index contributed by atoms with van der Waals surface area (Å²) >= 11 is 0. The summed E-state index contributed by atoms with van der Waals surface area (Å²) in [5.41, 5.74) is 8.12. The Hall–Kier alpha value is -1.75. The number of nitrogen functional groups attached to an aromatic ring is 1. The fourth-order valence-corrected chi connectivity index (χ4v) is 2.76. The van der Waals surface area contributed by atoms with Crippen molar-refractivity contribution >= 4 is 17.0 Å². The second kappa shape index (κ2) is 5.32. The van der Waals surface area contributed by atoms with E-state index in [4.69, 9.17) is 10.5 Å². The van der Waals surface area contributed by atoms with Crippen molar-refractivity contribution < 1.29 is 4.74 Å². The third kappa shape index (κ3) is 3.04. The van der Waals surface area contributed by atoms with E-state index < -0.39 is 0 Å². The molecule has 0 radical (unpaired) electrons. The van der Waals surface area contributed by atoms with Crippen molar-refractivity contribution in [3.8, 4) is 5.75 Å². The van der Waals surface area contributed by atoms with Gasteiger partial charge in [0.2, 0.25) is 5.95 Å². The first kappa shape index (κ1) is 14.7. The molecule has 110 valence electrons. The van der Waals surface area contributed by atoms with Gasteiger partial charge < -0.3 is 19.9 Å². The SMILES string of the molecule is COc1ccc2c(c1)nc(N)n2CC(C)(C)CN(C)C. The minimum atomic E-state index is 0.116. The van der Waals surface area contributed by atoms with Gasteiger partial charge in [0.25, 0.3) is 0 Å². The summed E-state index contributed by atoms with van der Waals surface area (Å²) in [6.07, 6.45) is 0. The van der Waals surface area contributed by atoms with Gasteiger partial charge in [-0.15, -0.1) is 0 Å². The molecule has 0 aliphatic rings. The Balaban J connectivity index is 2.37. The number of anilines is 1. The van der Waals surface area contributed by atoms with E-state index in [0.717, 1.165) is 29.9 Å². The molecule has 20 heavy (non-hydrogen) atoms. The van der Waals surface area contributed by atoms with Crippen molar-refractivity contribution in [1.29, 1.82) is 0 Å². The van der Waals surface area contributed by atoms with E-state index >= 15 is 0 Å². The van der Waals surface area contributed by atoms with Crippen molar-refractivity contribution in [2.45, 2.75) is 20.4 Å². The molecule has 5 nitrogen and oxygen atoms in total. The lowest BCUT2D eigenvalue weighted by Crippen LogP contribution is -2.32. The summed E-state index contributed by atoms with van der Waals surface area (Å²) < 4.78 is 7.31. The first-order valence-electron chi connectivity index (χ1n) is 6.77. The molecule has 0 amide bonds. The normalized spacial score (nSPS) is 12.3. The third-order valence-electron chi connectivity index (χ3n) is 3.32. The van der Waals surface area contributed by atoms with Gasteiger partial charge in [0, 0.05) is 19.2 Å². The number of hydrogen-bond donors (Lipinski definition) is 1. The molecule has 1 aromatic carbocycles. The van der Waals surface area contributed by atoms with Crippen LogP contribution in [0, 0.1) is 5.41 Å². The molecule has 5 heteroatoms. The minimum Gasteiger partial charge on any atom is -0.497 e. The van der Waals surface area contributed by atoms with Crippen LogP contribution in [0.25, 0.3) is 11.0 Å². The van der Waals surface area contributed by atoms with Crippen LogP contribution in [-0.2, 0) is 6.54 Å². The summed E-state index contributed by atoms with van der Waals surface area (Å²) in [7, 11) is 5.83. The van der Waals surface area contributed by atoms with Crippen molar-refractivity contribution in [1.82, 2.24) is 14.5 Å². The van der Waals surface area contributed by atoms with Crippen LogP contribution in [0.4, 0.5) is 5.95 Å². The molecule has 0 spiro atoms. The lowest BCUT2D eigenvalue weighted by atomic mass is 9.93. The lowest BCUT2D eigenvalue weighted by molar-refractivity contribution is 0.214. The Labute approximate surface area is 120 Å². The second-order valence-electron chi connectivity index (χ2n) is 6.31. The van der Waals surface area contributed by atoms with E-state index in [1.54, 1.807) is 7.11 Å². The molecule has 0 unspecified atom stereocenters. The number of ether oxygens (including phenoxy) is 1. The molecule has 0 bridgehead atoms.